The number of para-hydroxylation sites is 1. The summed E-state index contributed by atoms with van der Waals surface area (Å²) in [7, 11) is -3.88. The average molecular weight is 261 g/mol. The number of carbonyl (C=O) groups is 2. The molecule has 3 rings (SSSR count). The molecule has 1 heterocycles. The second kappa shape index (κ2) is 3.46. The summed E-state index contributed by atoms with van der Waals surface area (Å²) >= 11 is 0. The van der Waals surface area contributed by atoms with Crippen molar-refractivity contribution in [3.05, 3.63) is 36.4 Å². The summed E-state index contributed by atoms with van der Waals surface area (Å²) in [5, 5.41) is -1.48. The van der Waals surface area contributed by atoms with Crippen LogP contribution in [0, 0.1) is 0 Å². The van der Waals surface area contributed by atoms with Gasteiger partial charge in [0.2, 0.25) is 11.6 Å². The Bertz CT molecular complexity index is 743. The van der Waals surface area contributed by atoms with E-state index in [1.165, 1.54) is 12.1 Å². The van der Waals surface area contributed by atoms with Gasteiger partial charge in [-0.2, -0.15) is 0 Å². The number of nitrogens with zero attached hydrogens (tertiary/aromatic N) is 1. The van der Waals surface area contributed by atoms with Gasteiger partial charge in [-0.05, 0) is 24.3 Å². The molecule has 1 aliphatic heterocycles. The Balaban J connectivity index is 2.36. The van der Waals surface area contributed by atoms with Crippen LogP contribution in [0.2, 0.25) is 0 Å². The lowest BCUT2D eigenvalue weighted by Crippen LogP contribution is -2.44. The van der Waals surface area contributed by atoms with Crippen molar-refractivity contribution < 1.29 is 18.0 Å². The van der Waals surface area contributed by atoms with Crippen LogP contribution in [-0.4, -0.2) is 30.9 Å². The molecule has 0 aromatic heterocycles. The number of benzene rings is 1. The number of rotatable bonds is 0. The molecule has 0 amide bonds. The molecule has 5 nitrogen and oxygen atoms in total. The van der Waals surface area contributed by atoms with Crippen LogP contribution in [0.25, 0.3) is 0 Å². The Labute approximate surface area is 103 Å². The van der Waals surface area contributed by atoms with Gasteiger partial charge in [0.05, 0.1) is 16.3 Å². The molecule has 0 bridgehead atoms. The highest BCUT2D eigenvalue weighted by molar-refractivity contribution is 7.94. The fourth-order valence-corrected chi connectivity index (χ4v) is 3.82. The molecule has 2 aliphatic rings. The number of Topliss-reactive ketones (excluding diaryl/α,β-unsaturated/α-hetero) is 1. The maximum absolute atomic E-state index is 12.3. The molecular formula is C12H7NO4S. The van der Waals surface area contributed by atoms with Crippen molar-refractivity contribution in [2.24, 2.45) is 4.99 Å². The minimum absolute atomic E-state index is 0.00444. The minimum atomic E-state index is -3.88. The summed E-state index contributed by atoms with van der Waals surface area (Å²) < 4.78 is 24.6. The lowest BCUT2D eigenvalue weighted by molar-refractivity contribution is -0.133. The highest BCUT2D eigenvalue weighted by Gasteiger charge is 2.45. The molecule has 1 unspecified atom stereocenters. The summed E-state index contributed by atoms with van der Waals surface area (Å²) in [5.74, 6) is -1.74. The van der Waals surface area contributed by atoms with Gasteiger partial charge >= 0.3 is 0 Å². The molecule has 0 radical (unpaired) electrons. The third kappa shape index (κ3) is 1.32. The highest BCUT2D eigenvalue weighted by Crippen LogP contribution is 2.34. The third-order valence-corrected chi connectivity index (χ3v) is 4.92. The van der Waals surface area contributed by atoms with Crippen LogP contribution in [0.1, 0.15) is 0 Å². The van der Waals surface area contributed by atoms with E-state index in [0.29, 0.717) is 5.69 Å². The molecule has 1 aliphatic carbocycles. The molecule has 0 spiro atoms. The van der Waals surface area contributed by atoms with Gasteiger partial charge in [0.15, 0.2) is 15.1 Å². The summed E-state index contributed by atoms with van der Waals surface area (Å²) in [6.07, 6.45) is 2.35. The second-order valence-corrected chi connectivity index (χ2v) is 5.99. The zero-order chi connectivity index (χ0) is 12.9. The maximum Gasteiger partial charge on any atom is 0.227 e. The Kier molecular flexibility index (Phi) is 2.12. The van der Waals surface area contributed by atoms with Crippen LogP contribution in [-0.2, 0) is 19.4 Å². The van der Waals surface area contributed by atoms with Gasteiger partial charge in [0, 0.05) is 0 Å². The minimum Gasteiger partial charge on any atom is -0.289 e. The fourth-order valence-electron chi connectivity index (χ4n) is 2.05. The van der Waals surface area contributed by atoms with E-state index in [2.05, 4.69) is 4.99 Å². The van der Waals surface area contributed by atoms with Crippen LogP contribution >= 0.6 is 0 Å². The van der Waals surface area contributed by atoms with Crippen molar-refractivity contribution in [2.45, 2.75) is 10.1 Å². The molecule has 90 valence electrons. The van der Waals surface area contributed by atoms with Gasteiger partial charge < -0.3 is 0 Å². The lowest BCUT2D eigenvalue weighted by Gasteiger charge is -2.23. The van der Waals surface area contributed by atoms with E-state index in [4.69, 9.17) is 0 Å². The number of fused-ring (bicyclic) bond motifs is 2. The van der Waals surface area contributed by atoms with Gasteiger partial charge in [0.1, 0.15) is 0 Å². The maximum atomic E-state index is 12.3. The lowest BCUT2D eigenvalue weighted by atomic mass is 10.0. The zero-order valence-electron chi connectivity index (χ0n) is 9.03. The topological polar surface area (TPSA) is 80.6 Å². The number of allylic oxidation sites excluding steroid dienone is 2. The standard InChI is InChI=1S/C12H7NO4S/c14-9-6-5-8-12(11(9)15)18(16,17)10-4-2-1-3-7(10)13-8/h1-6,12H. The van der Waals surface area contributed by atoms with E-state index < -0.39 is 26.7 Å². The molecular weight excluding hydrogens is 254 g/mol. The molecule has 18 heavy (non-hydrogen) atoms. The number of hydrogen-bond acceptors (Lipinski definition) is 5. The molecule has 1 aromatic carbocycles. The summed E-state index contributed by atoms with van der Waals surface area (Å²) in [5.41, 5.74) is 0.411. The van der Waals surface area contributed by atoms with Crippen LogP contribution in [0.15, 0.2) is 46.3 Å². The number of carbonyl (C=O) groups excluding carboxylic acids is 2. The predicted molar refractivity (Wildman–Crippen MR) is 63.7 cm³/mol. The van der Waals surface area contributed by atoms with Crippen LogP contribution in [0.4, 0.5) is 5.69 Å². The molecule has 0 saturated carbocycles. The van der Waals surface area contributed by atoms with Crippen molar-refractivity contribution in [3.63, 3.8) is 0 Å². The Hall–Kier alpha value is -2.08. The fraction of sp³-hybridized carbons (Fsp3) is 0.0833. The summed E-state index contributed by atoms with van der Waals surface area (Å²) in [6, 6.07) is 6.17. The van der Waals surface area contributed by atoms with Gasteiger partial charge in [-0.15, -0.1) is 0 Å². The van der Waals surface area contributed by atoms with E-state index in [1.807, 2.05) is 0 Å². The van der Waals surface area contributed by atoms with Crippen molar-refractivity contribution in [1.29, 1.82) is 0 Å². The first-order valence-corrected chi connectivity index (χ1v) is 6.74. The van der Waals surface area contributed by atoms with E-state index in [-0.39, 0.29) is 10.6 Å². The van der Waals surface area contributed by atoms with Crippen molar-refractivity contribution >= 4 is 32.8 Å². The molecule has 6 heteroatoms. The van der Waals surface area contributed by atoms with Crippen molar-refractivity contribution in [2.75, 3.05) is 0 Å². The first-order valence-electron chi connectivity index (χ1n) is 5.19. The number of sulfone groups is 1. The van der Waals surface area contributed by atoms with Gasteiger partial charge in [-0.25, -0.2) is 8.42 Å². The molecule has 0 saturated heterocycles. The zero-order valence-corrected chi connectivity index (χ0v) is 9.85. The Morgan fingerprint density at radius 3 is 2.56 bits per heavy atom. The highest BCUT2D eigenvalue weighted by atomic mass is 32.2. The van der Waals surface area contributed by atoms with Crippen LogP contribution in [0.3, 0.4) is 0 Å². The Morgan fingerprint density at radius 2 is 1.78 bits per heavy atom. The normalized spacial score (nSPS) is 24.2. The smallest absolute Gasteiger partial charge is 0.227 e. The van der Waals surface area contributed by atoms with Gasteiger partial charge in [0.25, 0.3) is 0 Å². The van der Waals surface area contributed by atoms with Crippen LogP contribution in [0.5, 0.6) is 0 Å². The van der Waals surface area contributed by atoms with E-state index in [9.17, 15) is 18.0 Å². The first-order chi connectivity index (χ1) is 8.51. The summed E-state index contributed by atoms with van der Waals surface area (Å²) in [4.78, 5) is 27.1. The van der Waals surface area contributed by atoms with Crippen LogP contribution < -0.4 is 0 Å². The molecule has 0 fully saturated rings. The van der Waals surface area contributed by atoms with Gasteiger partial charge in [-0.1, -0.05) is 12.1 Å². The number of hydrogen-bond donors (Lipinski definition) is 0. The molecule has 1 aromatic rings. The SMILES string of the molecule is O=C1C=CC2=Nc3ccccc3S(=O)(=O)C2C1=O. The van der Waals surface area contributed by atoms with Crippen molar-refractivity contribution in [1.82, 2.24) is 0 Å². The molecule has 1 atom stereocenters. The van der Waals surface area contributed by atoms with E-state index in [0.717, 1.165) is 6.08 Å². The quantitative estimate of drug-likeness (QED) is 0.641. The van der Waals surface area contributed by atoms with Crippen molar-refractivity contribution in [3.8, 4) is 0 Å². The molecule has 0 N–H and O–H groups in total. The third-order valence-electron chi connectivity index (χ3n) is 2.89. The average Bonchev–Trinajstić information content (AvgIpc) is 2.33. The monoisotopic (exact) mass is 261 g/mol. The second-order valence-electron chi connectivity index (χ2n) is 3.99. The number of ketones is 2. The number of aliphatic imine (C=N–C) groups is 1. The van der Waals surface area contributed by atoms with E-state index >= 15 is 0 Å². The largest absolute Gasteiger partial charge is 0.289 e. The van der Waals surface area contributed by atoms with E-state index in [1.54, 1.807) is 18.2 Å². The first kappa shape index (κ1) is 11.0. The van der Waals surface area contributed by atoms with Gasteiger partial charge in [-0.3, -0.25) is 14.6 Å². The summed E-state index contributed by atoms with van der Waals surface area (Å²) in [6.45, 7) is 0. The predicted octanol–water partition coefficient (Wildman–Crippen LogP) is 0.623. The Morgan fingerprint density at radius 1 is 1.06 bits per heavy atom.